The summed E-state index contributed by atoms with van der Waals surface area (Å²) in [5.41, 5.74) is 2.30. The summed E-state index contributed by atoms with van der Waals surface area (Å²) in [6, 6.07) is 4.91. The number of nitrogens with zero attached hydrogens (tertiary/aromatic N) is 5. The number of hydrogen-bond acceptors (Lipinski definition) is 5. The highest BCUT2D eigenvalue weighted by Crippen LogP contribution is 2.40. The fourth-order valence-corrected chi connectivity index (χ4v) is 2.96. The van der Waals surface area contributed by atoms with Gasteiger partial charge in [-0.15, -0.1) is 0 Å². The van der Waals surface area contributed by atoms with Crippen LogP contribution in [0.15, 0.2) is 23.0 Å². The van der Waals surface area contributed by atoms with E-state index >= 15 is 0 Å². The number of anilines is 1. The maximum Gasteiger partial charge on any atom is 0.274 e. The number of nitrogens with one attached hydrogen (secondary N) is 2. The quantitative estimate of drug-likeness (QED) is 0.737. The van der Waals surface area contributed by atoms with E-state index < -0.39 is 11.5 Å². The zero-order valence-corrected chi connectivity index (χ0v) is 14.8. The van der Waals surface area contributed by atoms with Gasteiger partial charge in [-0.05, 0) is 32.8 Å². The molecule has 2 N–H and O–H groups in total. The van der Waals surface area contributed by atoms with E-state index in [1.165, 1.54) is 6.07 Å². The van der Waals surface area contributed by atoms with E-state index in [0.29, 0.717) is 11.7 Å². The van der Waals surface area contributed by atoms with Crippen LogP contribution in [0.25, 0.3) is 5.95 Å². The first kappa shape index (κ1) is 16.2. The maximum absolute atomic E-state index is 12.5. The van der Waals surface area contributed by atoms with Gasteiger partial charge in [-0.1, -0.05) is 0 Å². The lowest BCUT2D eigenvalue weighted by molar-refractivity contribution is 0.102. The highest BCUT2D eigenvalue weighted by Gasteiger charge is 2.27. The molecule has 0 aliphatic heterocycles. The van der Waals surface area contributed by atoms with Crippen LogP contribution in [0, 0.1) is 13.8 Å². The Balaban J connectivity index is 1.59. The number of aryl methyl sites for hydroxylation is 3. The summed E-state index contributed by atoms with van der Waals surface area (Å²) in [7, 11) is 1.86. The molecule has 0 atom stereocenters. The number of aromatic nitrogens is 6. The van der Waals surface area contributed by atoms with Crippen LogP contribution in [0.5, 0.6) is 0 Å². The lowest BCUT2D eigenvalue weighted by Gasteiger charge is -2.03. The van der Waals surface area contributed by atoms with Crippen molar-refractivity contribution in [2.45, 2.75) is 32.6 Å². The average molecular weight is 353 g/mol. The topological polar surface area (TPSA) is 110 Å². The van der Waals surface area contributed by atoms with E-state index in [4.69, 9.17) is 0 Å². The first-order chi connectivity index (χ1) is 12.4. The summed E-state index contributed by atoms with van der Waals surface area (Å²) < 4.78 is 2.94. The number of carbonyl (C=O) groups is 1. The second-order valence-electron chi connectivity index (χ2n) is 6.60. The molecule has 0 saturated heterocycles. The van der Waals surface area contributed by atoms with Crippen LogP contribution in [-0.4, -0.2) is 35.4 Å². The molecule has 0 unspecified atom stereocenters. The fraction of sp³-hybridized carbons (Fsp3) is 0.353. The molecule has 3 aromatic rings. The molecule has 9 heteroatoms. The smallest absolute Gasteiger partial charge is 0.274 e. The van der Waals surface area contributed by atoms with Crippen molar-refractivity contribution in [1.29, 1.82) is 0 Å². The van der Waals surface area contributed by atoms with Gasteiger partial charge in [0.1, 0.15) is 5.69 Å². The Bertz CT molecular complexity index is 1040. The Hall–Kier alpha value is -3.23. The van der Waals surface area contributed by atoms with Crippen molar-refractivity contribution >= 4 is 11.7 Å². The van der Waals surface area contributed by atoms with Crippen molar-refractivity contribution < 1.29 is 4.79 Å². The molecule has 0 aromatic carbocycles. The second-order valence-corrected chi connectivity index (χ2v) is 6.60. The zero-order chi connectivity index (χ0) is 18.4. The normalized spacial score (nSPS) is 13.8. The summed E-state index contributed by atoms with van der Waals surface area (Å²) >= 11 is 0. The Morgan fingerprint density at radius 2 is 1.88 bits per heavy atom. The number of H-pyrrole nitrogens is 1. The van der Waals surface area contributed by atoms with Crippen molar-refractivity contribution in [3.05, 3.63) is 51.3 Å². The van der Waals surface area contributed by atoms with Gasteiger partial charge >= 0.3 is 0 Å². The lowest BCUT2D eigenvalue weighted by Crippen LogP contribution is -2.17. The van der Waals surface area contributed by atoms with Gasteiger partial charge in [0.25, 0.3) is 17.4 Å². The number of amides is 1. The predicted octanol–water partition coefficient (Wildman–Crippen LogP) is 1.44. The van der Waals surface area contributed by atoms with Crippen molar-refractivity contribution in [2.75, 3.05) is 5.32 Å². The summed E-state index contributed by atoms with van der Waals surface area (Å²) in [6.07, 6.45) is 2.30. The SMILES string of the molecule is Cc1cc(C)nc(-n2[nH]c(C(=O)Nc3cc(C4CC4)n(C)n3)cc2=O)n1. The first-order valence-electron chi connectivity index (χ1n) is 8.41. The third kappa shape index (κ3) is 3.03. The van der Waals surface area contributed by atoms with Crippen molar-refractivity contribution in [2.24, 2.45) is 7.05 Å². The molecule has 3 heterocycles. The molecular formula is C17H19N7O2. The number of carbonyl (C=O) groups excluding carboxylic acids is 1. The van der Waals surface area contributed by atoms with Crippen LogP contribution >= 0.6 is 0 Å². The average Bonchev–Trinajstić information content (AvgIpc) is 3.23. The van der Waals surface area contributed by atoms with E-state index in [1.807, 2.05) is 33.0 Å². The van der Waals surface area contributed by atoms with Gasteiger partial charge in [0.2, 0.25) is 0 Å². The van der Waals surface area contributed by atoms with Crippen LogP contribution in [-0.2, 0) is 7.05 Å². The molecule has 1 amide bonds. The van der Waals surface area contributed by atoms with Gasteiger partial charge in [-0.3, -0.25) is 19.4 Å². The standard InChI is InChI=1S/C17H19N7O2/c1-9-6-10(2)19-17(18-9)24-15(25)7-12(21-24)16(26)20-14-8-13(11-4-5-11)23(3)22-14/h6-8,11,21H,4-5H2,1-3H3,(H,20,22,26). The van der Waals surface area contributed by atoms with E-state index in [9.17, 15) is 9.59 Å². The van der Waals surface area contributed by atoms with E-state index in [2.05, 4.69) is 25.5 Å². The predicted molar refractivity (Wildman–Crippen MR) is 94.6 cm³/mol. The summed E-state index contributed by atoms with van der Waals surface area (Å²) in [5, 5.41) is 9.79. The molecule has 1 aliphatic rings. The molecule has 1 aliphatic carbocycles. The minimum atomic E-state index is -0.439. The first-order valence-corrected chi connectivity index (χ1v) is 8.41. The Labute approximate surface area is 149 Å². The maximum atomic E-state index is 12.5. The van der Waals surface area contributed by atoms with Gasteiger partial charge in [0, 0.05) is 42.2 Å². The molecule has 3 aromatic heterocycles. The van der Waals surface area contributed by atoms with Gasteiger partial charge in [0.05, 0.1) is 0 Å². The molecule has 0 bridgehead atoms. The zero-order valence-electron chi connectivity index (χ0n) is 14.8. The van der Waals surface area contributed by atoms with E-state index in [-0.39, 0.29) is 11.6 Å². The molecule has 0 radical (unpaired) electrons. The summed E-state index contributed by atoms with van der Waals surface area (Å²) in [6.45, 7) is 3.64. The van der Waals surface area contributed by atoms with Gasteiger partial charge in [0.15, 0.2) is 5.82 Å². The Morgan fingerprint density at radius 1 is 1.19 bits per heavy atom. The molecule has 134 valence electrons. The van der Waals surface area contributed by atoms with Crippen molar-refractivity contribution in [3.63, 3.8) is 0 Å². The minimum Gasteiger partial charge on any atom is -0.304 e. The van der Waals surface area contributed by atoms with Crippen LogP contribution < -0.4 is 10.9 Å². The Kier molecular flexibility index (Phi) is 3.71. The van der Waals surface area contributed by atoms with Crippen LogP contribution in [0.1, 0.15) is 46.3 Å². The van der Waals surface area contributed by atoms with Crippen LogP contribution in [0.2, 0.25) is 0 Å². The third-order valence-electron chi connectivity index (χ3n) is 4.29. The molecule has 9 nitrogen and oxygen atoms in total. The fourth-order valence-electron chi connectivity index (χ4n) is 2.96. The van der Waals surface area contributed by atoms with E-state index in [0.717, 1.165) is 34.6 Å². The second kappa shape index (κ2) is 5.94. The van der Waals surface area contributed by atoms with Crippen LogP contribution in [0.3, 0.4) is 0 Å². The molecule has 0 spiro atoms. The monoisotopic (exact) mass is 353 g/mol. The molecular weight excluding hydrogens is 334 g/mol. The molecule has 4 rings (SSSR count). The summed E-state index contributed by atoms with van der Waals surface area (Å²) in [4.78, 5) is 33.2. The third-order valence-corrected chi connectivity index (χ3v) is 4.29. The highest BCUT2D eigenvalue weighted by molar-refractivity contribution is 6.02. The lowest BCUT2D eigenvalue weighted by atomic mass is 10.3. The number of rotatable bonds is 4. The molecule has 26 heavy (non-hydrogen) atoms. The number of hydrogen-bond donors (Lipinski definition) is 2. The number of aromatic amines is 1. The Morgan fingerprint density at radius 3 is 2.54 bits per heavy atom. The van der Waals surface area contributed by atoms with Crippen molar-refractivity contribution in [3.8, 4) is 5.95 Å². The van der Waals surface area contributed by atoms with E-state index in [1.54, 1.807) is 4.68 Å². The largest absolute Gasteiger partial charge is 0.304 e. The van der Waals surface area contributed by atoms with Crippen molar-refractivity contribution in [1.82, 2.24) is 29.5 Å². The van der Waals surface area contributed by atoms with Crippen LogP contribution in [0.4, 0.5) is 5.82 Å². The summed E-state index contributed by atoms with van der Waals surface area (Å²) in [5.74, 6) is 0.766. The molecule has 1 fully saturated rings. The van der Waals surface area contributed by atoms with Gasteiger partial charge in [-0.2, -0.15) is 9.78 Å². The van der Waals surface area contributed by atoms with Gasteiger partial charge in [-0.25, -0.2) is 9.97 Å². The molecule has 1 saturated carbocycles. The highest BCUT2D eigenvalue weighted by atomic mass is 16.2. The van der Waals surface area contributed by atoms with Gasteiger partial charge < -0.3 is 5.32 Å². The minimum absolute atomic E-state index is 0.122.